The first kappa shape index (κ1) is 6.89. The lowest BCUT2D eigenvalue weighted by atomic mass is 10.2. The summed E-state index contributed by atoms with van der Waals surface area (Å²) in [5.74, 6) is 0.0437. The molecule has 1 aromatic carbocycles. The molecule has 0 aliphatic carbocycles. The summed E-state index contributed by atoms with van der Waals surface area (Å²) < 4.78 is 0. The zero-order valence-electron chi connectivity index (χ0n) is 5.28. The fourth-order valence-electron chi connectivity index (χ4n) is 0.699. The fourth-order valence-corrected chi connectivity index (χ4v) is 0.699. The van der Waals surface area contributed by atoms with Crippen molar-refractivity contribution in [3.63, 3.8) is 0 Å². The van der Waals surface area contributed by atoms with Gasteiger partial charge in [-0.25, -0.2) is 0 Å². The largest absolute Gasteiger partial charge is 0.508 e. The number of benzene rings is 1. The van der Waals surface area contributed by atoms with Gasteiger partial charge in [0, 0.05) is 5.56 Å². The number of hydrogen-bond acceptors (Lipinski definition) is 3. The molecule has 0 aliphatic rings. The lowest BCUT2D eigenvalue weighted by Crippen LogP contribution is -1.82. The van der Waals surface area contributed by atoms with Crippen LogP contribution in [0.2, 0.25) is 0 Å². The van der Waals surface area contributed by atoms with Crippen molar-refractivity contribution in [1.82, 2.24) is 0 Å². The van der Waals surface area contributed by atoms with Gasteiger partial charge in [0.25, 0.3) is 0 Å². The Kier molecular flexibility index (Phi) is 1.78. The van der Waals surface area contributed by atoms with Gasteiger partial charge in [0.15, 0.2) is 0 Å². The van der Waals surface area contributed by atoms with Crippen LogP contribution in [0.3, 0.4) is 0 Å². The van der Waals surface area contributed by atoms with Gasteiger partial charge in [-0.15, -0.1) is 0 Å². The Bertz CT molecular complexity index is 232. The molecule has 0 bridgehead atoms. The topological polar surface area (TPSA) is 60.7 Å². The number of phenolic OH excluding ortho intramolecular Hbond substituents is 1. The molecular formula is C7H8O3. The van der Waals surface area contributed by atoms with Gasteiger partial charge in [0.05, 0.1) is 6.61 Å². The molecule has 0 spiro atoms. The first-order valence-corrected chi connectivity index (χ1v) is 2.86. The predicted octanol–water partition coefficient (Wildman–Crippen LogP) is 0.590. The summed E-state index contributed by atoms with van der Waals surface area (Å²) in [6, 6.07) is 4.00. The number of aliphatic hydroxyl groups is 1. The van der Waals surface area contributed by atoms with Gasteiger partial charge < -0.3 is 15.3 Å². The van der Waals surface area contributed by atoms with E-state index in [4.69, 9.17) is 15.3 Å². The van der Waals surface area contributed by atoms with Gasteiger partial charge in [-0.2, -0.15) is 0 Å². The smallest absolute Gasteiger partial charge is 0.121 e. The monoisotopic (exact) mass is 140 g/mol. The molecule has 0 heterocycles. The number of hydrogen-bond donors (Lipinski definition) is 3. The summed E-state index contributed by atoms with van der Waals surface area (Å²) in [5.41, 5.74) is 0.333. The van der Waals surface area contributed by atoms with Crippen molar-refractivity contribution in [3.05, 3.63) is 23.8 Å². The van der Waals surface area contributed by atoms with E-state index in [1.807, 2.05) is 0 Å². The highest BCUT2D eigenvalue weighted by Gasteiger charge is 1.98. The van der Waals surface area contributed by atoms with Gasteiger partial charge in [-0.1, -0.05) is 0 Å². The van der Waals surface area contributed by atoms with Crippen molar-refractivity contribution in [3.8, 4) is 11.5 Å². The molecule has 0 fully saturated rings. The van der Waals surface area contributed by atoms with Gasteiger partial charge in [0.2, 0.25) is 0 Å². The van der Waals surface area contributed by atoms with E-state index in [1.54, 1.807) is 0 Å². The maximum absolute atomic E-state index is 8.96. The van der Waals surface area contributed by atoms with E-state index in [9.17, 15) is 0 Å². The van der Waals surface area contributed by atoms with Crippen LogP contribution >= 0.6 is 0 Å². The van der Waals surface area contributed by atoms with E-state index in [-0.39, 0.29) is 18.1 Å². The van der Waals surface area contributed by atoms with Crippen LogP contribution < -0.4 is 0 Å². The molecule has 0 aromatic heterocycles. The Balaban J connectivity index is 3.09. The summed E-state index contributed by atoms with van der Waals surface area (Å²) in [6.07, 6.45) is 0. The summed E-state index contributed by atoms with van der Waals surface area (Å²) in [5, 5.41) is 26.4. The van der Waals surface area contributed by atoms with Crippen LogP contribution in [0.25, 0.3) is 0 Å². The van der Waals surface area contributed by atoms with Crippen LogP contribution in [0, 0.1) is 0 Å². The Morgan fingerprint density at radius 2 is 1.90 bits per heavy atom. The lowest BCUT2D eigenvalue weighted by molar-refractivity contribution is 0.274. The highest BCUT2D eigenvalue weighted by atomic mass is 16.3. The Morgan fingerprint density at radius 1 is 1.20 bits per heavy atom. The lowest BCUT2D eigenvalue weighted by Gasteiger charge is -1.99. The maximum atomic E-state index is 8.96. The van der Waals surface area contributed by atoms with Gasteiger partial charge in [-0.05, 0) is 18.2 Å². The first-order chi connectivity index (χ1) is 4.74. The molecule has 0 amide bonds. The minimum atomic E-state index is -0.264. The minimum Gasteiger partial charge on any atom is -0.508 e. The van der Waals surface area contributed by atoms with Crippen molar-refractivity contribution >= 4 is 0 Å². The molecule has 0 unspecified atom stereocenters. The van der Waals surface area contributed by atoms with Crippen LogP contribution in [0.4, 0.5) is 0 Å². The predicted molar refractivity (Wildman–Crippen MR) is 35.7 cm³/mol. The summed E-state index contributed by atoms with van der Waals surface area (Å²) >= 11 is 0. The van der Waals surface area contributed by atoms with Crippen LogP contribution in [0.1, 0.15) is 5.56 Å². The molecule has 0 aliphatic heterocycles. The molecule has 0 saturated heterocycles. The maximum Gasteiger partial charge on any atom is 0.121 e. The molecule has 1 rings (SSSR count). The zero-order chi connectivity index (χ0) is 7.56. The molecule has 3 N–H and O–H groups in total. The summed E-state index contributed by atoms with van der Waals surface area (Å²) in [4.78, 5) is 0. The molecule has 54 valence electrons. The van der Waals surface area contributed by atoms with Crippen molar-refractivity contribution in [1.29, 1.82) is 0 Å². The number of rotatable bonds is 1. The second-order valence-electron chi connectivity index (χ2n) is 1.97. The van der Waals surface area contributed by atoms with Crippen molar-refractivity contribution < 1.29 is 15.3 Å². The second kappa shape index (κ2) is 2.58. The fraction of sp³-hybridized carbons (Fsp3) is 0.143. The average Bonchev–Trinajstić information content (AvgIpc) is 1.94. The molecule has 0 saturated carbocycles. The highest BCUT2D eigenvalue weighted by molar-refractivity contribution is 5.37. The van der Waals surface area contributed by atoms with Crippen LogP contribution in [-0.4, -0.2) is 15.3 Å². The standard InChI is InChI=1S/C7H8O3/c8-4-5-3-6(9)1-2-7(5)10/h1-3,8-10H,4H2. The van der Waals surface area contributed by atoms with E-state index >= 15 is 0 Å². The molecular weight excluding hydrogens is 132 g/mol. The normalized spacial score (nSPS) is 9.70. The van der Waals surface area contributed by atoms with Crippen molar-refractivity contribution in [2.75, 3.05) is 0 Å². The van der Waals surface area contributed by atoms with E-state index in [1.165, 1.54) is 18.2 Å². The van der Waals surface area contributed by atoms with E-state index in [0.29, 0.717) is 5.56 Å². The van der Waals surface area contributed by atoms with Gasteiger partial charge in [-0.3, -0.25) is 0 Å². The third-order valence-electron chi connectivity index (χ3n) is 1.23. The summed E-state index contributed by atoms with van der Waals surface area (Å²) in [6.45, 7) is -0.264. The van der Waals surface area contributed by atoms with E-state index in [2.05, 4.69) is 0 Å². The molecule has 3 nitrogen and oxygen atoms in total. The zero-order valence-corrected chi connectivity index (χ0v) is 5.28. The van der Waals surface area contributed by atoms with Crippen molar-refractivity contribution in [2.24, 2.45) is 0 Å². The number of aliphatic hydroxyl groups excluding tert-OH is 1. The highest BCUT2D eigenvalue weighted by Crippen LogP contribution is 2.21. The number of aromatic hydroxyl groups is 2. The molecule has 0 atom stereocenters. The molecule has 1 aromatic rings. The van der Waals surface area contributed by atoms with Gasteiger partial charge in [0.1, 0.15) is 11.5 Å². The van der Waals surface area contributed by atoms with Crippen LogP contribution in [-0.2, 0) is 6.61 Å². The molecule has 3 heteroatoms. The quantitative estimate of drug-likeness (QED) is 0.500. The molecule has 10 heavy (non-hydrogen) atoms. The average molecular weight is 140 g/mol. The Hall–Kier alpha value is -1.22. The minimum absolute atomic E-state index is 0.000278. The third-order valence-corrected chi connectivity index (χ3v) is 1.23. The van der Waals surface area contributed by atoms with Crippen LogP contribution in [0.5, 0.6) is 11.5 Å². The van der Waals surface area contributed by atoms with Crippen LogP contribution in [0.15, 0.2) is 18.2 Å². The Labute approximate surface area is 58.2 Å². The first-order valence-electron chi connectivity index (χ1n) is 2.86. The summed E-state index contributed by atoms with van der Waals surface area (Å²) in [7, 11) is 0. The van der Waals surface area contributed by atoms with Gasteiger partial charge >= 0.3 is 0 Å². The Morgan fingerprint density at radius 3 is 2.40 bits per heavy atom. The van der Waals surface area contributed by atoms with Crippen molar-refractivity contribution in [2.45, 2.75) is 6.61 Å². The SMILES string of the molecule is OCc1cc(O)ccc1O. The molecule has 0 radical (unpaired) electrons. The number of phenols is 2. The van der Waals surface area contributed by atoms with E-state index < -0.39 is 0 Å². The second-order valence-corrected chi connectivity index (χ2v) is 1.97. The van der Waals surface area contributed by atoms with E-state index in [0.717, 1.165) is 0 Å². The third kappa shape index (κ3) is 1.19.